The summed E-state index contributed by atoms with van der Waals surface area (Å²) in [6.45, 7) is -0.306. The molecule has 2 aromatic carbocycles. The molecule has 0 bridgehead atoms. The Bertz CT molecular complexity index is 1400. The number of anilines is 1. The first-order valence-corrected chi connectivity index (χ1v) is 10.6. The van der Waals surface area contributed by atoms with E-state index in [1.54, 1.807) is 30.3 Å². The zero-order chi connectivity index (χ0) is 24.8. The Morgan fingerprint density at radius 3 is 2.62 bits per heavy atom. The molecule has 1 aromatic heterocycles. The Hall–Kier alpha value is -3.90. The Morgan fingerprint density at radius 2 is 1.94 bits per heavy atom. The predicted molar refractivity (Wildman–Crippen MR) is 130 cm³/mol. The summed E-state index contributed by atoms with van der Waals surface area (Å²) in [7, 11) is 1.40. The number of hydrogen-bond acceptors (Lipinski definition) is 7. The van der Waals surface area contributed by atoms with Gasteiger partial charge in [0, 0.05) is 10.2 Å². The molecule has 0 saturated heterocycles. The number of carbonyl (C=O) groups excluding carboxylic acids is 1. The summed E-state index contributed by atoms with van der Waals surface area (Å²) in [5.74, 6) is 0.143. The Balaban J connectivity index is 1.73. The van der Waals surface area contributed by atoms with Crippen molar-refractivity contribution in [2.24, 2.45) is 0 Å². The summed E-state index contributed by atoms with van der Waals surface area (Å²) in [5, 5.41) is 14.2. The quantitative estimate of drug-likeness (QED) is 0.285. The molecule has 0 spiro atoms. The average Bonchev–Trinajstić information content (AvgIpc) is 2.78. The minimum absolute atomic E-state index is 0.261. The van der Waals surface area contributed by atoms with Crippen LogP contribution in [0.4, 0.5) is 11.4 Å². The van der Waals surface area contributed by atoms with E-state index in [1.165, 1.54) is 25.3 Å². The molecule has 3 aromatic rings. The van der Waals surface area contributed by atoms with Gasteiger partial charge in [-0.25, -0.2) is 4.79 Å². The fraction of sp³-hybridized carbons (Fsp3) is 0.0952. The number of carbonyl (C=O) groups is 1. The molecule has 0 fully saturated rings. The van der Waals surface area contributed by atoms with Crippen LogP contribution in [0.15, 0.2) is 50.5 Å². The second-order valence-corrected chi connectivity index (χ2v) is 7.90. The molecule has 0 unspecified atom stereocenters. The lowest BCUT2D eigenvalue weighted by molar-refractivity contribution is -0.386. The zero-order valence-corrected chi connectivity index (χ0v) is 19.7. The van der Waals surface area contributed by atoms with Crippen LogP contribution in [0, 0.1) is 10.1 Å². The molecule has 1 heterocycles. The second kappa shape index (κ2) is 10.8. The number of hydrogen-bond donors (Lipinski definition) is 3. The zero-order valence-electron chi connectivity index (χ0n) is 17.4. The van der Waals surface area contributed by atoms with Crippen molar-refractivity contribution in [3.05, 3.63) is 88.1 Å². The van der Waals surface area contributed by atoms with E-state index in [2.05, 4.69) is 26.2 Å². The number of halogens is 2. The van der Waals surface area contributed by atoms with Crippen molar-refractivity contribution in [2.75, 3.05) is 19.0 Å². The first-order valence-electron chi connectivity index (χ1n) is 9.42. The van der Waals surface area contributed by atoms with Gasteiger partial charge < -0.3 is 19.8 Å². The summed E-state index contributed by atoms with van der Waals surface area (Å²) >= 11 is 9.28. The number of H-pyrrole nitrogens is 2. The van der Waals surface area contributed by atoms with E-state index in [9.17, 15) is 24.5 Å². The molecule has 0 saturated carbocycles. The van der Waals surface area contributed by atoms with Crippen molar-refractivity contribution < 1.29 is 19.2 Å². The maximum Gasteiger partial charge on any atom is 0.357 e. The second-order valence-electron chi connectivity index (χ2n) is 6.64. The highest BCUT2D eigenvalue weighted by molar-refractivity contribution is 9.10. The summed E-state index contributed by atoms with van der Waals surface area (Å²) in [4.78, 5) is 49.6. The van der Waals surface area contributed by atoms with Crippen molar-refractivity contribution in [1.29, 1.82) is 0 Å². The van der Waals surface area contributed by atoms with Crippen LogP contribution in [0.3, 0.4) is 0 Å². The third kappa shape index (κ3) is 6.11. The van der Waals surface area contributed by atoms with Crippen molar-refractivity contribution in [3.63, 3.8) is 0 Å². The normalized spacial score (nSPS) is 10.8. The monoisotopic (exact) mass is 550 g/mol. The number of amides is 1. The topological polar surface area (TPSA) is 156 Å². The van der Waals surface area contributed by atoms with E-state index >= 15 is 0 Å². The van der Waals surface area contributed by atoms with Gasteiger partial charge in [0.15, 0.2) is 18.1 Å². The van der Waals surface area contributed by atoms with Crippen LogP contribution in [0.2, 0.25) is 5.02 Å². The first kappa shape index (κ1) is 24.7. The number of aromatic nitrogens is 2. The summed E-state index contributed by atoms with van der Waals surface area (Å²) in [5.41, 5.74) is -2.02. The van der Waals surface area contributed by atoms with Crippen LogP contribution in [0.5, 0.6) is 11.5 Å². The van der Waals surface area contributed by atoms with Gasteiger partial charge >= 0.3 is 16.9 Å². The van der Waals surface area contributed by atoms with E-state index in [-0.39, 0.29) is 23.8 Å². The highest BCUT2D eigenvalue weighted by atomic mass is 79.9. The number of nitro groups is 1. The number of nitrogens with zero attached hydrogens (tertiary/aromatic N) is 1. The lowest BCUT2D eigenvalue weighted by atomic mass is 10.1. The molecule has 34 heavy (non-hydrogen) atoms. The van der Waals surface area contributed by atoms with Gasteiger partial charge in [-0.1, -0.05) is 23.7 Å². The Morgan fingerprint density at radius 1 is 1.18 bits per heavy atom. The van der Waals surface area contributed by atoms with Gasteiger partial charge in [0.1, 0.15) is 5.69 Å². The molecule has 3 N–H and O–H groups in total. The van der Waals surface area contributed by atoms with Gasteiger partial charge in [0.25, 0.3) is 5.91 Å². The van der Waals surface area contributed by atoms with Crippen molar-refractivity contribution in [2.45, 2.75) is 0 Å². The van der Waals surface area contributed by atoms with Crippen LogP contribution in [0.1, 0.15) is 11.3 Å². The van der Waals surface area contributed by atoms with Crippen LogP contribution >= 0.6 is 27.5 Å². The largest absolute Gasteiger partial charge is 0.493 e. The molecule has 0 aliphatic rings. The van der Waals surface area contributed by atoms with E-state index in [0.29, 0.717) is 20.7 Å². The maximum atomic E-state index is 12.2. The van der Waals surface area contributed by atoms with Crippen LogP contribution in [-0.4, -0.2) is 34.5 Å². The number of ether oxygens (including phenoxy) is 2. The lowest BCUT2D eigenvalue weighted by Gasteiger charge is -2.12. The number of benzene rings is 2. The van der Waals surface area contributed by atoms with E-state index in [0.717, 1.165) is 0 Å². The van der Waals surface area contributed by atoms with E-state index < -0.39 is 27.8 Å². The molecular weight excluding hydrogens is 536 g/mol. The van der Waals surface area contributed by atoms with Gasteiger partial charge in [0.05, 0.1) is 17.1 Å². The Labute approximate surface area is 204 Å². The minimum atomic E-state index is -1.11. The first-order chi connectivity index (χ1) is 16.2. The minimum Gasteiger partial charge on any atom is -0.493 e. The van der Waals surface area contributed by atoms with Gasteiger partial charge in [-0.05, 0) is 57.9 Å². The third-order valence-electron chi connectivity index (χ3n) is 4.32. The maximum absolute atomic E-state index is 12.2. The molecule has 11 nitrogen and oxygen atoms in total. The number of nitrogens with one attached hydrogen (secondary N) is 3. The van der Waals surface area contributed by atoms with Crippen LogP contribution in [-0.2, 0) is 4.79 Å². The molecule has 0 aliphatic heterocycles. The molecule has 0 radical (unpaired) electrons. The van der Waals surface area contributed by atoms with Crippen LogP contribution < -0.4 is 26.0 Å². The van der Waals surface area contributed by atoms with E-state index in [1.807, 2.05) is 4.98 Å². The van der Waals surface area contributed by atoms with Gasteiger partial charge in [-0.3, -0.25) is 24.7 Å². The predicted octanol–water partition coefficient (Wildman–Crippen LogP) is 3.58. The highest BCUT2D eigenvalue weighted by Crippen LogP contribution is 2.29. The average molecular weight is 552 g/mol. The SMILES string of the molecule is COc1cc(C=Cc2[nH]c(=O)[nH]c(=O)c2[N+](=O)[O-])ccc1OCC(=O)Nc1ccc(Br)c(Cl)c1. The Kier molecular flexibility index (Phi) is 7.87. The molecule has 3 rings (SSSR count). The standard InChI is InChI=1S/C21H16BrClN4O7/c1-33-17-8-11(2-6-15-19(27(31)32)20(29)26-21(30)25-15)3-7-16(17)34-10-18(28)24-12-4-5-13(22)14(23)9-12/h2-9H,10H2,1H3,(H,24,28)(H2,25,26,29,30). The molecule has 0 aliphatic carbocycles. The molecule has 0 atom stereocenters. The van der Waals surface area contributed by atoms with Crippen molar-refractivity contribution in [3.8, 4) is 11.5 Å². The number of methoxy groups -OCH3 is 1. The fourth-order valence-electron chi connectivity index (χ4n) is 2.80. The van der Waals surface area contributed by atoms with E-state index in [4.69, 9.17) is 21.1 Å². The smallest absolute Gasteiger partial charge is 0.357 e. The number of rotatable bonds is 8. The summed E-state index contributed by atoms with van der Waals surface area (Å²) < 4.78 is 11.5. The highest BCUT2D eigenvalue weighted by Gasteiger charge is 2.19. The van der Waals surface area contributed by atoms with Gasteiger partial charge in [-0.2, -0.15) is 0 Å². The molecule has 13 heteroatoms. The third-order valence-corrected chi connectivity index (χ3v) is 5.55. The van der Waals surface area contributed by atoms with Crippen molar-refractivity contribution in [1.82, 2.24) is 9.97 Å². The molecule has 1 amide bonds. The van der Waals surface area contributed by atoms with Crippen molar-refractivity contribution >= 4 is 57.0 Å². The van der Waals surface area contributed by atoms with Gasteiger partial charge in [-0.15, -0.1) is 0 Å². The van der Waals surface area contributed by atoms with Crippen LogP contribution in [0.25, 0.3) is 12.2 Å². The summed E-state index contributed by atoms with van der Waals surface area (Å²) in [6, 6.07) is 9.64. The molecule has 176 valence electrons. The lowest BCUT2D eigenvalue weighted by Crippen LogP contribution is -2.25. The summed E-state index contributed by atoms with van der Waals surface area (Å²) in [6.07, 6.45) is 2.66. The fourth-order valence-corrected chi connectivity index (χ4v) is 3.23. The number of aromatic amines is 2. The van der Waals surface area contributed by atoms with Gasteiger partial charge in [0.2, 0.25) is 0 Å². The molecular formula is C21H16BrClN4O7.